The van der Waals surface area contributed by atoms with Gasteiger partial charge < -0.3 is 10.1 Å². The van der Waals surface area contributed by atoms with E-state index in [1.54, 1.807) is 7.11 Å². The molecule has 0 aliphatic carbocycles. The number of carbonyl (C=O) groups excluding carboxylic acids is 1. The van der Waals surface area contributed by atoms with Crippen LogP contribution in [0.3, 0.4) is 0 Å². The Balaban J connectivity index is 1.85. The van der Waals surface area contributed by atoms with Gasteiger partial charge in [-0.1, -0.05) is 12.1 Å². The third kappa shape index (κ3) is 3.10. The lowest BCUT2D eigenvalue weighted by atomic mass is 9.93. The average molecular weight is 247 g/mol. The number of nitrogens with one attached hydrogen (secondary N) is 1. The zero-order valence-corrected chi connectivity index (χ0v) is 11.1. The van der Waals surface area contributed by atoms with Gasteiger partial charge in [-0.05, 0) is 44.0 Å². The van der Waals surface area contributed by atoms with Crippen LogP contribution in [0.25, 0.3) is 0 Å². The van der Waals surface area contributed by atoms with Crippen molar-refractivity contribution in [3.05, 3.63) is 29.8 Å². The molecule has 0 saturated carbocycles. The molecule has 1 heterocycles. The maximum absolute atomic E-state index is 12.1. The van der Waals surface area contributed by atoms with Gasteiger partial charge in [0.15, 0.2) is 0 Å². The standard InChI is InChI=1S/C15H21NO2/c1-11-14(9-10-16-11)15(17)8-5-12-3-6-13(18-2)7-4-12/h3-4,6-7,11,14,16H,5,8-10H2,1-2H3. The maximum atomic E-state index is 12.1. The fourth-order valence-electron chi connectivity index (χ4n) is 2.54. The Morgan fingerprint density at radius 1 is 1.39 bits per heavy atom. The first-order chi connectivity index (χ1) is 8.70. The van der Waals surface area contributed by atoms with Crippen molar-refractivity contribution < 1.29 is 9.53 Å². The minimum absolute atomic E-state index is 0.211. The number of methoxy groups -OCH3 is 1. The maximum Gasteiger partial charge on any atom is 0.137 e. The Labute approximate surface area is 109 Å². The molecule has 98 valence electrons. The highest BCUT2D eigenvalue weighted by Crippen LogP contribution is 2.19. The Morgan fingerprint density at radius 3 is 2.67 bits per heavy atom. The van der Waals surface area contributed by atoms with Gasteiger partial charge in [0, 0.05) is 18.4 Å². The highest BCUT2D eigenvalue weighted by molar-refractivity contribution is 5.82. The lowest BCUT2D eigenvalue weighted by Crippen LogP contribution is -2.28. The molecular formula is C15H21NO2. The van der Waals surface area contributed by atoms with E-state index in [1.807, 2.05) is 24.3 Å². The predicted octanol–water partition coefficient (Wildman–Crippen LogP) is 2.19. The zero-order valence-electron chi connectivity index (χ0n) is 11.1. The van der Waals surface area contributed by atoms with E-state index in [0.29, 0.717) is 18.2 Å². The summed E-state index contributed by atoms with van der Waals surface area (Å²) in [4.78, 5) is 12.1. The summed E-state index contributed by atoms with van der Waals surface area (Å²) in [7, 11) is 1.66. The van der Waals surface area contributed by atoms with Crippen LogP contribution in [0.2, 0.25) is 0 Å². The van der Waals surface area contributed by atoms with E-state index in [1.165, 1.54) is 5.56 Å². The Hall–Kier alpha value is -1.35. The van der Waals surface area contributed by atoms with E-state index < -0.39 is 0 Å². The van der Waals surface area contributed by atoms with Crippen LogP contribution in [-0.4, -0.2) is 25.5 Å². The highest BCUT2D eigenvalue weighted by Gasteiger charge is 2.28. The summed E-state index contributed by atoms with van der Waals surface area (Å²) < 4.78 is 5.11. The van der Waals surface area contributed by atoms with Crippen LogP contribution < -0.4 is 10.1 Å². The molecule has 1 saturated heterocycles. The highest BCUT2D eigenvalue weighted by atomic mass is 16.5. The molecule has 0 spiro atoms. The van der Waals surface area contributed by atoms with Gasteiger partial charge >= 0.3 is 0 Å². The first-order valence-corrected chi connectivity index (χ1v) is 6.59. The molecule has 1 fully saturated rings. The largest absolute Gasteiger partial charge is 0.497 e. The Bertz CT molecular complexity index is 399. The Morgan fingerprint density at radius 2 is 2.11 bits per heavy atom. The van der Waals surface area contributed by atoms with Crippen molar-refractivity contribution in [1.82, 2.24) is 5.32 Å². The smallest absolute Gasteiger partial charge is 0.137 e. The number of rotatable bonds is 5. The summed E-state index contributed by atoms with van der Waals surface area (Å²) in [5, 5.41) is 3.33. The molecule has 3 heteroatoms. The van der Waals surface area contributed by atoms with Crippen LogP contribution in [0.1, 0.15) is 25.3 Å². The number of Topliss-reactive ketones (excluding diaryl/α,β-unsaturated/α-hetero) is 1. The van der Waals surface area contributed by atoms with Gasteiger partial charge in [-0.2, -0.15) is 0 Å². The second-order valence-electron chi connectivity index (χ2n) is 4.95. The molecular weight excluding hydrogens is 226 g/mol. The molecule has 1 aliphatic heterocycles. The normalized spacial score (nSPS) is 23.0. The molecule has 0 radical (unpaired) electrons. The van der Waals surface area contributed by atoms with Crippen molar-refractivity contribution in [2.75, 3.05) is 13.7 Å². The van der Waals surface area contributed by atoms with Crippen LogP contribution in [-0.2, 0) is 11.2 Å². The van der Waals surface area contributed by atoms with E-state index in [0.717, 1.165) is 25.1 Å². The van der Waals surface area contributed by atoms with Crippen molar-refractivity contribution in [1.29, 1.82) is 0 Å². The zero-order chi connectivity index (χ0) is 13.0. The van der Waals surface area contributed by atoms with Gasteiger partial charge in [0.2, 0.25) is 0 Å². The molecule has 1 aliphatic rings. The number of hydrogen-bond acceptors (Lipinski definition) is 3. The van der Waals surface area contributed by atoms with Crippen molar-refractivity contribution in [2.24, 2.45) is 5.92 Å². The molecule has 1 aromatic rings. The third-order valence-corrected chi connectivity index (χ3v) is 3.76. The molecule has 1 aromatic carbocycles. The number of carbonyl (C=O) groups is 1. The van der Waals surface area contributed by atoms with Crippen molar-refractivity contribution >= 4 is 5.78 Å². The molecule has 18 heavy (non-hydrogen) atoms. The van der Waals surface area contributed by atoms with Gasteiger partial charge in [-0.15, -0.1) is 0 Å². The number of ketones is 1. The molecule has 2 atom stereocenters. The number of ether oxygens (including phenoxy) is 1. The number of aryl methyl sites for hydroxylation is 1. The third-order valence-electron chi connectivity index (χ3n) is 3.76. The van der Waals surface area contributed by atoms with E-state index in [-0.39, 0.29) is 5.92 Å². The summed E-state index contributed by atoms with van der Waals surface area (Å²) in [6.45, 7) is 3.07. The van der Waals surface area contributed by atoms with Gasteiger partial charge in [0.25, 0.3) is 0 Å². The summed E-state index contributed by atoms with van der Waals surface area (Å²) >= 11 is 0. The van der Waals surface area contributed by atoms with Crippen LogP contribution in [0, 0.1) is 5.92 Å². The lowest BCUT2D eigenvalue weighted by molar-refractivity contribution is -0.122. The van der Waals surface area contributed by atoms with Gasteiger partial charge in [0.05, 0.1) is 7.11 Å². The summed E-state index contributed by atoms with van der Waals surface area (Å²) in [6.07, 6.45) is 2.46. The average Bonchev–Trinajstić information content (AvgIpc) is 2.83. The summed E-state index contributed by atoms with van der Waals surface area (Å²) in [6, 6.07) is 8.29. The minimum Gasteiger partial charge on any atom is -0.497 e. The SMILES string of the molecule is COc1ccc(CCC(=O)C2CCNC2C)cc1. The number of benzene rings is 1. The van der Waals surface area contributed by atoms with Crippen LogP contribution in [0.15, 0.2) is 24.3 Å². The van der Waals surface area contributed by atoms with Crippen LogP contribution in [0.5, 0.6) is 5.75 Å². The Kier molecular flexibility index (Phi) is 4.37. The molecule has 0 amide bonds. The summed E-state index contributed by atoms with van der Waals surface area (Å²) in [5.74, 6) is 1.46. The number of hydrogen-bond donors (Lipinski definition) is 1. The molecule has 0 aromatic heterocycles. The van der Waals surface area contributed by atoms with Gasteiger partial charge in [-0.25, -0.2) is 0 Å². The van der Waals surface area contributed by atoms with Crippen molar-refractivity contribution in [3.63, 3.8) is 0 Å². The van der Waals surface area contributed by atoms with Gasteiger partial charge in [-0.3, -0.25) is 4.79 Å². The molecule has 0 bridgehead atoms. The van der Waals surface area contributed by atoms with Crippen molar-refractivity contribution in [3.8, 4) is 5.75 Å². The molecule has 2 unspecified atom stereocenters. The minimum atomic E-state index is 0.211. The van der Waals surface area contributed by atoms with E-state index in [2.05, 4.69) is 12.2 Å². The monoisotopic (exact) mass is 247 g/mol. The summed E-state index contributed by atoms with van der Waals surface area (Å²) in [5.41, 5.74) is 1.20. The quantitative estimate of drug-likeness (QED) is 0.867. The van der Waals surface area contributed by atoms with Crippen LogP contribution in [0.4, 0.5) is 0 Å². The molecule has 3 nitrogen and oxygen atoms in total. The second-order valence-corrected chi connectivity index (χ2v) is 4.95. The topological polar surface area (TPSA) is 38.3 Å². The molecule has 2 rings (SSSR count). The van der Waals surface area contributed by atoms with E-state index in [9.17, 15) is 4.79 Å². The van der Waals surface area contributed by atoms with E-state index >= 15 is 0 Å². The van der Waals surface area contributed by atoms with Gasteiger partial charge in [0.1, 0.15) is 11.5 Å². The van der Waals surface area contributed by atoms with Crippen LogP contribution >= 0.6 is 0 Å². The fourth-order valence-corrected chi connectivity index (χ4v) is 2.54. The molecule has 1 N–H and O–H groups in total. The predicted molar refractivity (Wildman–Crippen MR) is 71.9 cm³/mol. The first-order valence-electron chi connectivity index (χ1n) is 6.59. The van der Waals surface area contributed by atoms with E-state index in [4.69, 9.17) is 4.74 Å². The van der Waals surface area contributed by atoms with Crippen molar-refractivity contribution in [2.45, 2.75) is 32.2 Å². The second kappa shape index (κ2) is 6.01. The first kappa shape index (κ1) is 13.1. The fraction of sp³-hybridized carbons (Fsp3) is 0.533. The lowest BCUT2D eigenvalue weighted by Gasteiger charge is -2.13.